The third-order valence-electron chi connectivity index (χ3n) is 2.93. The van der Waals surface area contributed by atoms with E-state index in [0.717, 1.165) is 0 Å². The Kier molecular flexibility index (Phi) is 4.86. The molecule has 0 aromatic rings. The Balaban J connectivity index is 3.20. The maximum atomic E-state index is 12.0. The zero-order valence-electron chi connectivity index (χ0n) is 11.0. The third kappa shape index (κ3) is 2.54. The Morgan fingerprint density at radius 3 is 2.44 bits per heavy atom. The molecule has 1 rings (SSSR count). The van der Waals surface area contributed by atoms with Crippen LogP contribution in [0.2, 0.25) is 0 Å². The van der Waals surface area contributed by atoms with E-state index in [1.54, 1.807) is 6.08 Å². The van der Waals surface area contributed by atoms with E-state index < -0.39 is 29.7 Å². The second-order valence-corrected chi connectivity index (χ2v) is 3.83. The van der Waals surface area contributed by atoms with Crippen molar-refractivity contribution in [2.24, 2.45) is 5.92 Å². The van der Waals surface area contributed by atoms with Gasteiger partial charge in [-0.15, -0.1) is 0 Å². The number of rotatable bonds is 4. The zero-order chi connectivity index (χ0) is 13.8. The van der Waals surface area contributed by atoms with Gasteiger partial charge in [0.15, 0.2) is 0 Å². The molecule has 0 amide bonds. The largest absolute Gasteiger partial charge is 0.468 e. The summed E-state index contributed by atoms with van der Waals surface area (Å²) < 4.78 is 20.2. The molecular formula is C12H18O6. The average molecular weight is 258 g/mol. The number of cyclic esters (lactones) is 1. The molecule has 0 fully saturated rings. The highest BCUT2D eigenvalue weighted by molar-refractivity contribution is 5.96. The summed E-state index contributed by atoms with van der Waals surface area (Å²) in [5.74, 6) is -4.27. The Hall–Kier alpha value is -1.40. The van der Waals surface area contributed by atoms with Crippen LogP contribution in [-0.4, -0.2) is 45.2 Å². The van der Waals surface area contributed by atoms with Crippen molar-refractivity contribution in [1.29, 1.82) is 0 Å². The minimum absolute atomic E-state index is 0.406. The Morgan fingerprint density at radius 1 is 1.39 bits per heavy atom. The van der Waals surface area contributed by atoms with Gasteiger partial charge in [-0.1, -0.05) is 6.92 Å². The summed E-state index contributed by atoms with van der Waals surface area (Å²) in [5, 5.41) is 0. The van der Waals surface area contributed by atoms with E-state index in [9.17, 15) is 9.59 Å². The third-order valence-corrected chi connectivity index (χ3v) is 2.93. The lowest BCUT2D eigenvalue weighted by atomic mass is 9.98. The molecule has 0 N–H and O–H groups in total. The molecule has 0 aliphatic carbocycles. The quantitative estimate of drug-likeness (QED) is 0.319. The molecule has 0 saturated heterocycles. The average Bonchev–Trinajstić information content (AvgIpc) is 2.54. The maximum absolute atomic E-state index is 12.0. The van der Waals surface area contributed by atoms with Crippen LogP contribution in [0, 0.1) is 5.92 Å². The standard InChI is InChI=1S/C12H18O6/c1-5-8-6-7-12(16-3,17-4)9(10(13)15-2)11(14)18-8/h6-9H,5H2,1-4H3/t8-,9?/m0/s1. The Bertz CT molecular complexity index is 344. The first-order valence-electron chi connectivity index (χ1n) is 5.62. The van der Waals surface area contributed by atoms with Crippen LogP contribution in [0.15, 0.2) is 12.2 Å². The highest BCUT2D eigenvalue weighted by atomic mass is 16.7. The van der Waals surface area contributed by atoms with Gasteiger partial charge in [0.1, 0.15) is 6.10 Å². The number of methoxy groups -OCH3 is 3. The number of hydrogen-bond acceptors (Lipinski definition) is 6. The second-order valence-electron chi connectivity index (χ2n) is 3.83. The molecule has 1 aliphatic rings. The van der Waals surface area contributed by atoms with Crippen LogP contribution in [0.25, 0.3) is 0 Å². The van der Waals surface area contributed by atoms with Gasteiger partial charge in [-0.25, -0.2) is 0 Å². The lowest BCUT2D eigenvalue weighted by molar-refractivity contribution is -0.219. The lowest BCUT2D eigenvalue weighted by Crippen LogP contribution is -2.48. The van der Waals surface area contributed by atoms with Gasteiger partial charge in [-0.3, -0.25) is 9.59 Å². The van der Waals surface area contributed by atoms with Crippen LogP contribution in [0.1, 0.15) is 13.3 Å². The van der Waals surface area contributed by atoms with Crippen molar-refractivity contribution in [2.75, 3.05) is 21.3 Å². The number of hydrogen-bond donors (Lipinski definition) is 0. The fourth-order valence-corrected chi connectivity index (χ4v) is 1.81. The predicted octanol–water partition coefficient (Wildman–Crippen LogP) is 0.656. The van der Waals surface area contributed by atoms with Crippen LogP contribution in [0.3, 0.4) is 0 Å². The smallest absolute Gasteiger partial charge is 0.326 e. The second kappa shape index (κ2) is 5.97. The minimum Gasteiger partial charge on any atom is -0.468 e. The molecule has 0 saturated carbocycles. The molecule has 6 nitrogen and oxygen atoms in total. The van der Waals surface area contributed by atoms with Gasteiger partial charge in [0, 0.05) is 14.2 Å². The summed E-state index contributed by atoms with van der Waals surface area (Å²) in [5.41, 5.74) is 0. The van der Waals surface area contributed by atoms with E-state index in [1.165, 1.54) is 27.4 Å². The van der Waals surface area contributed by atoms with E-state index in [1.807, 2.05) is 6.92 Å². The molecule has 0 aromatic heterocycles. The molecule has 0 spiro atoms. The van der Waals surface area contributed by atoms with Gasteiger partial charge in [0.25, 0.3) is 0 Å². The molecule has 102 valence electrons. The highest BCUT2D eigenvalue weighted by Crippen LogP contribution is 2.30. The molecule has 1 unspecified atom stereocenters. The first kappa shape index (κ1) is 14.7. The van der Waals surface area contributed by atoms with Crippen molar-refractivity contribution in [3.63, 3.8) is 0 Å². The summed E-state index contributed by atoms with van der Waals surface area (Å²) in [6.45, 7) is 1.86. The van der Waals surface area contributed by atoms with Crippen molar-refractivity contribution in [2.45, 2.75) is 25.2 Å². The van der Waals surface area contributed by atoms with Gasteiger partial charge in [-0.2, -0.15) is 0 Å². The fraction of sp³-hybridized carbons (Fsp3) is 0.667. The van der Waals surface area contributed by atoms with E-state index in [2.05, 4.69) is 4.74 Å². The van der Waals surface area contributed by atoms with Crippen molar-refractivity contribution >= 4 is 11.9 Å². The van der Waals surface area contributed by atoms with Gasteiger partial charge in [0.2, 0.25) is 11.7 Å². The van der Waals surface area contributed by atoms with Crippen molar-refractivity contribution in [1.82, 2.24) is 0 Å². The van der Waals surface area contributed by atoms with E-state index >= 15 is 0 Å². The summed E-state index contributed by atoms with van der Waals surface area (Å²) >= 11 is 0. The first-order valence-corrected chi connectivity index (χ1v) is 5.62. The molecule has 0 radical (unpaired) electrons. The van der Waals surface area contributed by atoms with E-state index in [-0.39, 0.29) is 0 Å². The summed E-state index contributed by atoms with van der Waals surface area (Å²) in [4.78, 5) is 23.7. The first-order chi connectivity index (χ1) is 8.54. The van der Waals surface area contributed by atoms with Gasteiger partial charge in [-0.05, 0) is 18.6 Å². The van der Waals surface area contributed by atoms with E-state index in [0.29, 0.717) is 6.42 Å². The van der Waals surface area contributed by atoms with Crippen LogP contribution in [0.4, 0.5) is 0 Å². The molecule has 6 heteroatoms. The summed E-state index contributed by atoms with van der Waals surface area (Å²) in [7, 11) is 3.89. The van der Waals surface area contributed by atoms with Crippen molar-refractivity contribution in [3.05, 3.63) is 12.2 Å². The summed E-state index contributed by atoms with van der Waals surface area (Å²) in [6.07, 6.45) is 3.36. The molecule has 2 atom stereocenters. The molecule has 18 heavy (non-hydrogen) atoms. The number of ether oxygens (including phenoxy) is 4. The maximum Gasteiger partial charge on any atom is 0.326 e. The molecule has 1 aliphatic heterocycles. The molecule has 1 heterocycles. The Labute approximate surface area is 106 Å². The zero-order valence-corrected chi connectivity index (χ0v) is 11.0. The highest BCUT2D eigenvalue weighted by Gasteiger charge is 2.51. The number of carbonyl (C=O) groups is 2. The fourth-order valence-electron chi connectivity index (χ4n) is 1.81. The molecular weight excluding hydrogens is 240 g/mol. The molecule has 0 bridgehead atoms. The topological polar surface area (TPSA) is 71.1 Å². The lowest BCUT2D eigenvalue weighted by Gasteiger charge is -2.31. The van der Waals surface area contributed by atoms with Gasteiger partial charge in [0.05, 0.1) is 7.11 Å². The van der Waals surface area contributed by atoms with Crippen LogP contribution >= 0.6 is 0 Å². The molecule has 0 aromatic carbocycles. The van der Waals surface area contributed by atoms with E-state index in [4.69, 9.17) is 14.2 Å². The Morgan fingerprint density at radius 2 is 2.00 bits per heavy atom. The SMILES string of the molecule is CC[C@H]1C=CC(OC)(OC)C(C(=O)OC)C(=O)O1. The number of carbonyl (C=O) groups excluding carboxylic acids is 2. The van der Waals surface area contributed by atoms with Crippen LogP contribution < -0.4 is 0 Å². The van der Waals surface area contributed by atoms with Gasteiger partial charge >= 0.3 is 11.9 Å². The van der Waals surface area contributed by atoms with Crippen LogP contribution in [0.5, 0.6) is 0 Å². The predicted molar refractivity (Wildman–Crippen MR) is 61.6 cm³/mol. The normalized spacial score (nSPS) is 26.3. The number of esters is 2. The minimum atomic E-state index is -1.49. The summed E-state index contributed by atoms with van der Waals surface area (Å²) in [6, 6.07) is 0. The monoisotopic (exact) mass is 258 g/mol. The van der Waals surface area contributed by atoms with Crippen LogP contribution in [-0.2, 0) is 28.5 Å². The van der Waals surface area contributed by atoms with Gasteiger partial charge < -0.3 is 18.9 Å². The van der Waals surface area contributed by atoms with Crippen molar-refractivity contribution in [3.8, 4) is 0 Å². The van der Waals surface area contributed by atoms with Crippen molar-refractivity contribution < 1.29 is 28.5 Å².